The van der Waals surface area contributed by atoms with Gasteiger partial charge in [0.15, 0.2) is 0 Å². The molecule has 0 aromatic heterocycles. The second kappa shape index (κ2) is 6.65. The van der Waals surface area contributed by atoms with E-state index in [1.165, 1.54) is 0 Å². The lowest BCUT2D eigenvalue weighted by Crippen LogP contribution is -2.54. The zero-order valence-corrected chi connectivity index (χ0v) is 14.6. The maximum Gasteiger partial charge on any atom is 0.325 e. The molecule has 2 heterocycles. The van der Waals surface area contributed by atoms with E-state index in [-0.39, 0.29) is 36.1 Å². The molecule has 1 spiro atoms. The van der Waals surface area contributed by atoms with Crippen LogP contribution in [0, 0.1) is 11.8 Å². The molecule has 138 valence electrons. The molecule has 1 aliphatic carbocycles. The molecule has 5 amide bonds. The number of nitrogens with zero attached hydrogens (tertiary/aromatic N) is 2. The average Bonchev–Trinajstić information content (AvgIpc) is 2.82. The minimum absolute atomic E-state index is 0.0733. The van der Waals surface area contributed by atoms with Crippen LogP contribution in [0.1, 0.15) is 45.4 Å². The SMILES string of the molecule is CC1CCCCC12NC(=O)N(CC(=O)N1CCC(C(N)=O)CC1)C2=O. The van der Waals surface area contributed by atoms with Gasteiger partial charge in [-0.1, -0.05) is 19.8 Å². The highest BCUT2D eigenvalue weighted by atomic mass is 16.2. The Morgan fingerprint density at radius 1 is 1.20 bits per heavy atom. The smallest absolute Gasteiger partial charge is 0.325 e. The topological polar surface area (TPSA) is 113 Å². The van der Waals surface area contributed by atoms with Gasteiger partial charge in [-0.2, -0.15) is 0 Å². The third-order valence-electron chi connectivity index (χ3n) is 6.04. The highest BCUT2D eigenvalue weighted by Gasteiger charge is 2.55. The van der Waals surface area contributed by atoms with Crippen LogP contribution in [0.3, 0.4) is 0 Å². The van der Waals surface area contributed by atoms with Crippen LogP contribution >= 0.6 is 0 Å². The Balaban J connectivity index is 1.63. The maximum atomic E-state index is 12.9. The molecule has 0 aromatic carbocycles. The maximum absolute atomic E-state index is 12.9. The Bertz CT molecular complexity index is 599. The van der Waals surface area contributed by atoms with E-state index >= 15 is 0 Å². The van der Waals surface area contributed by atoms with Crippen molar-refractivity contribution in [3.05, 3.63) is 0 Å². The minimum atomic E-state index is -0.839. The summed E-state index contributed by atoms with van der Waals surface area (Å²) >= 11 is 0. The van der Waals surface area contributed by atoms with Crippen LogP contribution in [0.5, 0.6) is 0 Å². The Morgan fingerprint density at radius 3 is 2.48 bits per heavy atom. The third kappa shape index (κ3) is 3.09. The molecule has 8 nitrogen and oxygen atoms in total. The van der Waals surface area contributed by atoms with Gasteiger partial charge in [-0.05, 0) is 31.6 Å². The first kappa shape index (κ1) is 17.7. The number of urea groups is 1. The molecule has 0 bridgehead atoms. The van der Waals surface area contributed by atoms with Crippen molar-refractivity contribution in [1.82, 2.24) is 15.1 Å². The number of carbonyl (C=O) groups excluding carboxylic acids is 4. The monoisotopic (exact) mass is 350 g/mol. The summed E-state index contributed by atoms with van der Waals surface area (Å²) in [6.45, 7) is 2.60. The van der Waals surface area contributed by atoms with Gasteiger partial charge in [0.1, 0.15) is 12.1 Å². The second-order valence-corrected chi connectivity index (χ2v) is 7.50. The van der Waals surface area contributed by atoms with Gasteiger partial charge in [0.05, 0.1) is 0 Å². The van der Waals surface area contributed by atoms with E-state index in [0.717, 1.165) is 24.2 Å². The molecular weight excluding hydrogens is 324 g/mol. The van der Waals surface area contributed by atoms with Crippen molar-refractivity contribution >= 4 is 23.8 Å². The van der Waals surface area contributed by atoms with Gasteiger partial charge in [-0.3, -0.25) is 19.3 Å². The predicted molar refractivity (Wildman–Crippen MR) is 89.1 cm³/mol. The van der Waals surface area contributed by atoms with E-state index in [1.54, 1.807) is 4.90 Å². The van der Waals surface area contributed by atoms with Crippen molar-refractivity contribution in [2.45, 2.75) is 51.0 Å². The molecule has 3 rings (SSSR count). The predicted octanol–water partition coefficient (Wildman–Crippen LogP) is 0.211. The zero-order valence-electron chi connectivity index (χ0n) is 14.6. The lowest BCUT2D eigenvalue weighted by atomic mass is 9.73. The quantitative estimate of drug-likeness (QED) is 0.708. The highest BCUT2D eigenvalue weighted by molar-refractivity contribution is 6.09. The normalized spacial score (nSPS) is 30.7. The summed E-state index contributed by atoms with van der Waals surface area (Å²) in [7, 11) is 0. The number of carbonyl (C=O) groups is 4. The molecule has 0 aromatic rings. The van der Waals surface area contributed by atoms with Gasteiger partial charge in [0.25, 0.3) is 5.91 Å². The molecule has 2 saturated heterocycles. The fourth-order valence-corrected chi connectivity index (χ4v) is 4.29. The number of nitrogens with two attached hydrogens (primary N) is 1. The fraction of sp³-hybridized carbons (Fsp3) is 0.765. The first-order chi connectivity index (χ1) is 11.8. The van der Waals surface area contributed by atoms with Gasteiger partial charge in [0.2, 0.25) is 11.8 Å². The Kier molecular flexibility index (Phi) is 4.71. The second-order valence-electron chi connectivity index (χ2n) is 7.50. The van der Waals surface area contributed by atoms with Gasteiger partial charge in [-0.25, -0.2) is 4.79 Å². The molecule has 3 N–H and O–H groups in total. The van der Waals surface area contributed by atoms with Crippen LogP contribution in [-0.4, -0.2) is 58.7 Å². The van der Waals surface area contributed by atoms with E-state index in [4.69, 9.17) is 5.73 Å². The molecule has 3 fully saturated rings. The van der Waals surface area contributed by atoms with E-state index in [0.29, 0.717) is 32.4 Å². The number of hydrogen-bond donors (Lipinski definition) is 2. The Hall–Kier alpha value is -2.12. The van der Waals surface area contributed by atoms with Crippen LogP contribution in [0.25, 0.3) is 0 Å². The molecule has 2 atom stereocenters. The van der Waals surface area contributed by atoms with E-state index in [2.05, 4.69) is 5.32 Å². The number of rotatable bonds is 3. The minimum Gasteiger partial charge on any atom is -0.369 e. The Morgan fingerprint density at radius 2 is 1.88 bits per heavy atom. The van der Waals surface area contributed by atoms with Crippen molar-refractivity contribution in [3.63, 3.8) is 0 Å². The number of hydrogen-bond acceptors (Lipinski definition) is 4. The van der Waals surface area contributed by atoms with Crippen molar-refractivity contribution < 1.29 is 19.2 Å². The van der Waals surface area contributed by atoms with Crippen molar-refractivity contribution in [2.24, 2.45) is 17.6 Å². The number of piperidine rings is 1. The molecule has 2 aliphatic heterocycles. The largest absolute Gasteiger partial charge is 0.369 e. The zero-order chi connectivity index (χ0) is 18.2. The summed E-state index contributed by atoms with van der Waals surface area (Å²) in [4.78, 5) is 51.6. The van der Waals surface area contributed by atoms with Gasteiger partial charge >= 0.3 is 6.03 Å². The highest BCUT2D eigenvalue weighted by Crippen LogP contribution is 2.38. The standard InChI is InChI=1S/C17H26N4O4/c1-11-4-2-3-7-17(11)15(24)21(16(25)19-17)10-13(22)20-8-5-12(6-9-20)14(18)23/h11-12H,2-10H2,1H3,(H2,18,23)(H,19,25). The molecule has 8 heteroatoms. The van der Waals surface area contributed by atoms with E-state index in [9.17, 15) is 19.2 Å². The summed E-state index contributed by atoms with van der Waals surface area (Å²) in [5.74, 6) is -0.998. The molecule has 0 radical (unpaired) electrons. The molecular formula is C17H26N4O4. The van der Waals surface area contributed by atoms with Crippen molar-refractivity contribution in [2.75, 3.05) is 19.6 Å². The fourth-order valence-electron chi connectivity index (χ4n) is 4.29. The van der Waals surface area contributed by atoms with Gasteiger partial charge < -0.3 is 16.0 Å². The average molecular weight is 350 g/mol. The number of amides is 5. The van der Waals surface area contributed by atoms with Gasteiger partial charge in [-0.15, -0.1) is 0 Å². The van der Waals surface area contributed by atoms with Crippen molar-refractivity contribution in [1.29, 1.82) is 0 Å². The summed E-state index contributed by atoms with van der Waals surface area (Å²) in [5, 5.41) is 2.85. The molecule has 25 heavy (non-hydrogen) atoms. The van der Waals surface area contributed by atoms with E-state index < -0.39 is 11.6 Å². The summed E-state index contributed by atoms with van der Waals surface area (Å²) in [6, 6.07) is -0.473. The lowest BCUT2D eigenvalue weighted by Gasteiger charge is -2.37. The number of nitrogens with one attached hydrogen (secondary N) is 1. The van der Waals surface area contributed by atoms with Crippen LogP contribution in [0.4, 0.5) is 4.79 Å². The van der Waals surface area contributed by atoms with Crippen LogP contribution in [0.15, 0.2) is 0 Å². The van der Waals surface area contributed by atoms with Crippen LogP contribution < -0.4 is 11.1 Å². The first-order valence-corrected chi connectivity index (χ1v) is 9.06. The molecule has 2 unspecified atom stereocenters. The number of likely N-dealkylation sites (tertiary alicyclic amines) is 1. The number of imide groups is 1. The summed E-state index contributed by atoms with van der Waals surface area (Å²) in [5.41, 5.74) is 4.46. The van der Waals surface area contributed by atoms with Crippen LogP contribution in [-0.2, 0) is 14.4 Å². The van der Waals surface area contributed by atoms with Gasteiger partial charge in [0, 0.05) is 19.0 Å². The molecule has 3 aliphatic rings. The first-order valence-electron chi connectivity index (χ1n) is 9.06. The Labute approximate surface area is 147 Å². The van der Waals surface area contributed by atoms with Crippen molar-refractivity contribution in [3.8, 4) is 0 Å². The summed E-state index contributed by atoms with van der Waals surface area (Å²) in [6.07, 6.45) is 4.55. The summed E-state index contributed by atoms with van der Waals surface area (Å²) < 4.78 is 0. The number of primary amides is 1. The van der Waals surface area contributed by atoms with E-state index in [1.807, 2.05) is 6.92 Å². The van der Waals surface area contributed by atoms with Crippen LogP contribution in [0.2, 0.25) is 0 Å². The lowest BCUT2D eigenvalue weighted by molar-refractivity contribution is -0.141. The molecule has 1 saturated carbocycles. The third-order valence-corrected chi connectivity index (χ3v) is 6.04.